The molecule has 2 aliphatic heterocycles. The Labute approximate surface area is 109 Å². The van der Waals surface area contributed by atoms with Crippen molar-refractivity contribution in [2.75, 3.05) is 39.3 Å². The summed E-state index contributed by atoms with van der Waals surface area (Å²) in [6.45, 7) is 8.29. The fourth-order valence-electron chi connectivity index (χ4n) is 2.80. The molecule has 2 saturated heterocycles. The lowest BCUT2D eigenvalue weighted by molar-refractivity contribution is 0.148. The number of pyridine rings is 1. The molecule has 18 heavy (non-hydrogen) atoms. The van der Waals surface area contributed by atoms with Crippen molar-refractivity contribution >= 4 is 0 Å². The normalized spacial score (nSPS) is 23.6. The number of hydrogen-bond acceptors (Lipinski definition) is 4. The van der Waals surface area contributed by atoms with Gasteiger partial charge >= 0.3 is 0 Å². The molecular formula is C14H22N4. The third-order valence-corrected chi connectivity index (χ3v) is 4.03. The zero-order valence-corrected chi connectivity index (χ0v) is 10.9. The largest absolute Gasteiger partial charge is 0.314 e. The highest BCUT2D eigenvalue weighted by Crippen LogP contribution is 2.12. The van der Waals surface area contributed by atoms with E-state index >= 15 is 0 Å². The summed E-state index contributed by atoms with van der Waals surface area (Å²) in [7, 11) is 0. The Balaban J connectivity index is 1.52. The maximum Gasteiger partial charge on any atom is 0.0345 e. The van der Waals surface area contributed by atoms with Crippen LogP contribution in [0.15, 0.2) is 24.5 Å². The van der Waals surface area contributed by atoms with Crippen LogP contribution in [0.25, 0.3) is 0 Å². The molecule has 4 heteroatoms. The van der Waals surface area contributed by atoms with Crippen LogP contribution in [0, 0.1) is 0 Å². The Morgan fingerprint density at radius 2 is 2.17 bits per heavy atom. The van der Waals surface area contributed by atoms with Gasteiger partial charge in [0.2, 0.25) is 0 Å². The fourth-order valence-corrected chi connectivity index (χ4v) is 2.80. The maximum absolute atomic E-state index is 4.19. The van der Waals surface area contributed by atoms with Crippen LogP contribution in [0.2, 0.25) is 0 Å². The van der Waals surface area contributed by atoms with Crippen molar-refractivity contribution in [3.63, 3.8) is 0 Å². The predicted molar refractivity (Wildman–Crippen MR) is 72.4 cm³/mol. The second kappa shape index (κ2) is 5.78. The standard InChI is InChI=1S/C14H22N4/c1-3-13(9-15-4-1)12-17-5-2-6-18(8-7-17)14-10-16-11-14/h1,3-4,9,14,16H,2,5-8,10-12H2. The average molecular weight is 246 g/mol. The van der Waals surface area contributed by atoms with Gasteiger partial charge in [0, 0.05) is 51.2 Å². The van der Waals surface area contributed by atoms with Crippen molar-refractivity contribution in [3.8, 4) is 0 Å². The molecule has 0 bridgehead atoms. The Hall–Kier alpha value is -0.970. The van der Waals surface area contributed by atoms with Crippen molar-refractivity contribution in [3.05, 3.63) is 30.1 Å². The lowest BCUT2D eigenvalue weighted by Crippen LogP contribution is -2.57. The fraction of sp³-hybridized carbons (Fsp3) is 0.643. The Morgan fingerprint density at radius 3 is 2.89 bits per heavy atom. The summed E-state index contributed by atoms with van der Waals surface area (Å²) in [4.78, 5) is 9.40. The van der Waals surface area contributed by atoms with Crippen LogP contribution in [0.3, 0.4) is 0 Å². The monoisotopic (exact) mass is 246 g/mol. The van der Waals surface area contributed by atoms with Gasteiger partial charge in [-0.3, -0.25) is 14.8 Å². The lowest BCUT2D eigenvalue weighted by Gasteiger charge is -2.37. The van der Waals surface area contributed by atoms with Crippen LogP contribution in [-0.4, -0.2) is 60.1 Å². The number of hydrogen-bond donors (Lipinski definition) is 1. The minimum Gasteiger partial charge on any atom is -0.314 e. The summed E-state index contributed by atoms with van der Waals surface area (Å²) >= 11 is 0. The van der Waals surface area contributed by atoms with Crippen molar-refractivity contribution in [1.82, 2.24) is 20.1 Å². The van der Waals surface area contributed by atoms with Crippen LogP contribution in [-0.2, 0) is 6.54 Å². The Bertz CT molecular complexity index is 363. The first-order valence-corrected chi connectivity index (χ1v) is 6.98. The summed E-state index contributed by atoms with van der Waals surface area (Å²) in [6, 6.07) is 4.99. The topological polar surface area (TPSA) is 31.4 Å². The molecule has 4 nitrogen and oxygen atoms in total. The van der Waals surface area contributed by atoms with Gasteiger partial charge in [-0.1, -0.05) is 6.07 Å². The van der Waals surface area contributed by atoms with Gasteiger partial charge in [-0.2, -0.15) is 0 Å². The van der Waals surface area contributed by atoms with Gasteiger partial charge in [-0.15, -0.1) is 0 Å². The molecular weight excluding hydrogens is 224 g/mol. The van der Waals surface area contributed by atoms with E-state index < -0.39 is 0 Å². The highest BCUT2D eigenvalue weighted by atomic mass is 15.3. The van der Waals surface area contributed by atoms with Crippen LogP contribution >= 0.6 is 0 Å². The van der Waals surface area contributed by atoms with E-state index in [0.29, 0.717) is 0 Å². The van der Waals surface area contributed by atoms with Gasteiger partial charge in [-0.25, -0.2) is 0 Å². The van der Waals surface area contributed by atoms with Crippen molar-refractivity contribution < 1.29 is 0 Å². The van der Waals surface area contributed by atoms with Crippen LogP contribution in [0.5, 0.6) is 0 Å². The predicted octanol–water partition coefficient (Wildman–Crippen LogP) is 0.561. The van der Waals surface area contributed by atoms with E-state index in [0.717, 1.165) is 12.6 Å². The third kappa shape index (κ3) is 2.88. The minimum absolute atomic E-state index is 0.795. The smallest absolute Gasteiger partial charge is 0.0345 e. The molecule has 0 spiro atoms. The SMILES string of the molecule is c1cncc(CN2CCCN(C3CNC3)CC2)c1. The molecule has 0 unspecified atom stereocenters. The van der Waals surface area contributed by atoms with Crippen molar-refractivity contribution in [2.45, 2.75) is 19.0 Å². The molecule has 0 aromatic carbocycles. The van der Waals surface area contributed by atoms with Gasteiger partial charge in [0.05, 0.1) is 0 Å². The van der Waals surface area contributed by atoms with Gasteiger partial charge in [-0.05, 0) is 31.1 Å². The first-order valence-electron chi connectivity index (χ1n) is 6.98. The molecule has 3 heterocycles. The quantitative estimate of drug-likeness (QED) is 0.844. The third-order valence-electron chi connectivity index (χ3n) is 4.03. The molecule has 98 valence electrons. The summed E-state index contributed by atoms with van der Waals surface area (Å²) in [5, 5.41) is 3.37. The number of nitrogens with zero attached hydrogens (tertiary/aromatic N) is 3. The summed E-state index contributed by atoms with van der Waals surface area (Å²) < 4.78 is 0. The van der Waals surface area contributed by atoms with Gasteiger partial charge in [0.15, 0.2) is 0 Å². The van der Waals surface area contributed by atoms with E-state index in [1.807, 2.05) is 18.5 Å². The average Bonchev–Trinajstić information content (AvgIpc) is 2.55. The second-order valence-corrected chi connectivity index (χ2v) is 5.34. The van der Waals surface area contributed by atoms with Gasteiger partial charge in [0.25, 0.3) is 0 Å². The van der Waals surface area contributed by atoms with Gasteiger partial charge < -0.3 is 5.32 Å². The molecule has 3 rings (SSSR count). The summed E-state index contributed by atoms with van der Waals surface area (Å²) in [6.07, 6.45) is 5.12. The summed E-state index contributed by atoms with van der Waals surface area (Å²) in [5.41, 5.74) is 1.33. The van der Waals surface area contributed by atoms with E-state index in [-0.39, 0.29) is 0 Å². The summed E-state index contributed by atoms with van der Waals surface area (Å²) in [5.74, 6) is 0. The molecule has 0 atom stereocenters. The number of aromatic nitrogens is 1. The Morgan fingerprint density at radius 1 is 1.22 bits per heavy atom. The molecule has 1 aromatic rings. The van der Waals surface area contributed by atoms with E-state index in [4.69, 9.17) is 0 Å². The molecule has 0 radical (unpaired) electrons. The number of rotatable bonds is 3. The zero-order valence-electron chi connectivity index (χ0n) is 10.9. The maximum atomic E-state index is 4.19. The number of nitrogens with one attached hydrogen (secondary N) is 1. The highest BCUT2D eigenvalue weighted by molar-refractivity contribution is 5.08. The second-order valence-electron chi connectivity index (χ2n) is 5.34. The van der Waals surface area contributed by atoms with Crippen molar-refractivity contribution in [2.24, 2.45) is 0 Å². The molecule has 2 aliphatic rings. The molecule has 0 saturated carbocycles. The zero-order chi connectivity index (χ0) is 12.2. The first-order chi connectivity index (χ1) is 8.92. The molecule has 0 amide bonds. The molecule has 0 aliphatic carbocycles. The van der Waals surface area contributed by atoms with E-state index in [1.54, 1.807) is 0 Å². The molecule has 1 N–H and O–H groups in total. The van der Waals surface area contributed by atoms with Crippen LogP contribution < -0.4 is 5.32 Å². The lowest BCUT2D eigenvalue weighted by atomic mass is 10.1. The van der Waals surface area contributed by atoms with Crippen LogP contribution in [0.4, 0.5) is 0 Å². The van der Waals surface area contributed by atoms with Crippen molar-refractivity contribution in [1.29, 1.82) is 0 Å². The van der Waals surface area contributed by atoms with E-state index in [1.165, 1.54) is 51.3 Å². The van der Waals surface area contributed by atoms with E-state index in [9.17, 15) is 0 Å². The molecule has 1 aromatic heterocycles. The molecule has 2 fully saturated rings. The van der Waals surface area contributed by atoms with Crippen LogP contribution in [0.1, 0.15) is 12.0 Å². The Kier molecular flexibility index (Phi) is 3.88. The van der Waals surface area contributed by atoms with Gasteiger partial charge in [0.1, 0.15) is 0 Å². The highest BCUT2D eigenvalue weighted by Gasteiger charge is 2.26. The van der Waals surface area contributed by atoms with E-state index in [2.05, 4.69) is 26.2 Å². The minimum atomic E-state index is 0.795. The first kappa shape index (κ1) is 12.1.